The molecule has 1 aliphatic rings. The van der Waals surface area contributed by atoms with E-state index in [0.717, 1.165) is 19.5 Å². The van der Waals surface area contributed by atoms with Gasteiger partial charge in [-0.1, -0.05) is 27.7 Å². The largest absolute Gasteiger partial charge is 0.340 e. The lowest BCUT2D eigenvalue weighted by Crippen LogP contribution is -2.45. The molecule has 2 atom stereocenters. The second kappa shape index (κ2) is 7.28. The van der Waals surface area contributed by atoms with Crippen molar-refractivity contribution in [2.45, 2.75) is 65.8 Å². The minimum absolute atomic E-state index is 0.214. The van der Waals surface area contributed by atoms with Gasteiger partial charge in [-0.25, -0.2) is 0 Å². The van der Waals surface area contributed by atoms with E-state index in [1.54, 1.807) is 0 Å². The van der Waals surface area contributed by atoms with Crippen molar-refractivity contribution in [3.8, 4) is 0 Å². The Morgan fingerprint density at radius 3 is 2.63 bits per heavy atom. The number of likely N-dealkylation sites (tertiary alicyclic amines) is 1. The van der Waals surface area contributed by atoms with Gasteiger partial charge in [0.25, 0.3) is 0 Å². The van der Waals surface area contributed by atoms with Crippen molar-refractivity contribution in [1.29, 1.82) is 0 Å². The van der Waals surface area contributed by atoms with Gasteiger partial charge in [0.05, 0.1) is 0 Å². The van der Waals surface area contributed by atoms with Crippen LogP contribution in [-0.2, 0) is 4.79 Å². The first kappa shape index (κ1) is 16.5. The van der Waals surface area contributed by atoms with Crippen LogP contribution in [0.1, 0.15) is 59.8 Å². The summed E-state index contributed by atoms with van der Waals surface area (Å²) in [7, 11) is 1.98. The van der Waals surface area contributed by atoms with Crippen LogP contribution in [-0.4, -0.2) is 37.0 Å². The highest BCUT2D eigenvalue weighted by molar-refractivity contribution is 5.77. The van der Waals surface area contributed by atoms with Crippen molar-refractivity contribution < 1.29 is 4.79 Å². The van der Waals surface area contributed by atoms with Crippen LogP contribution in [0.5, 0.6) is 0 Å². The molecule has 19 heavy (non-hydrogen) atoms. The van der Waals surface area contributed by atoms with E-state index >= 15 is 0 Å². The zero-order valence-electron chi connectivity index (χ0n) is 13.5. The first-order chi connectivity index (χ1) is 8.86. The molecule has 0 radical (unpaired) electrons. The molecule has 112 valence electrons. The van der Waals surface area contributed by atoms with Gasteiger partial charge in [-0.3, -0.25) is 4.79 Å². The number of hydrogen-bond acceptors (Lipinski definition) is 2. The van der Waals surface area contributed by atoms with Crippen LogP contribution >= 0.6 is 0 Å². The topological polar surface area (TPSA) is 32.3 Å². The summed E-state index contributed by atoms with van der Waals surface area (Å²) in [6.07, 6.45) is 5.40. The zero-order chi connectivity index (χ0) is 14.5. The molecule has 1 aliphatic heterocycles. The number of piperidine rings is 1. The quantitative estimate of drug-likeness (QED) is 0.831. The van der Waals surface area contributed by atoms with Crippen molar-refractivity contribution in [3.63, 3.8) is 0 Å². The molecule has 0 saturated carbocycles. The van der Waals surface area contributed by atoms with Crippen LogP contribution < -0.4 is 5.32 Å². The Morgan fingerprint density at radius 2 is 2.05 bits per heavy atom. The van der Waals surface area contributed by atoms with Gasteiger partial charge in [-0.2, -0.15) is 0 Å². The van der Waals surface area contributed by atoms with Gasteiger partial charge in [0.2, 0.25) is 5.91 Å². The monoisotopic (exact) mass is 268 g/mol. The molecule has 0 aromatic rings. The van der Waals surface area contributed by atoms with Gasteiger partial charge >= 0.3 is 0 Å². The third-order valence-electron chi connectivity index (χ3n) is 4.63. The van der Waals surface area contributed by atoms with E-state index in [1.807, 2.05) is 7.05 Å². The minimum Gasteiger partial charge on any atom is -0.340 e. The Balaban J connectivity index is 2.56. The van der Waals surface area contributed by atoms with E-state index in [-0.39, 0.29) is 5.41 Å². The lowest BCUT2D eigenvalue weighted by molar-refractivity contribution is -0.136. The first-order valence-electron chi connectivity index (χ1n) is 7.80. The van der Waals surface area contributed by atoms with E-state index in [2.05, 4.69) is 37.9 Å². The lowest BCUT2D eigenvalue weighted by Gasteiger charge is -2.38. The minimum atomic E-state index is 0.214. The first-order valence-corrected chi connectivity index (χ1v) is 7.80. The van der Waals surface area contributed by atoms with Crippen LogP contribution in [0, 0.1) is 11.3 Å². The maximum absolute atomic E-state index is 12.5. The molecule has 1 rings (SSSR count). The molecule has 1 N–H and O–H groups in total. The Labute approximate surface area is 119 Å². The van der Waals surface area contributed by atoms with E-state index in [0.29, 0.717) is 24.3 Å². The van der Waals surface area contributed by atoms with E-state index in [4.69, 9.17) is 0 Å². The van der Waals surface area contributed by atoms with E-state index in [1.165, 1.54) is 19.3 Å². The summed E-state index contributed by atoms with van der Waals surface area (Å²) in [4.78, 5) is 14.7. The smallest absolute Gasteiger partial charge is 0.223 e. The Bertz CT molecular complexity index is 283. The average Bonchev–Trinajstić information content (AvgIpc) is 2.35. The standard InChI is InChI=1S/C16H32N2O/c1-13(16(2,3)4)12-15(19)18-11-7-6-8-14(18)9-10-17-5/h13-14,17H,6-12H2,1-5H3. The fourth-order valence-corrected chi connectivity index (χ4v) is 2.63. The van der Waals surface area contributed by atoms with Crippen molar-refractivity contribution in [2.24, 2.45) is 11.3 Å². The van der Waals surface area contributed by atoms with Crippen LogP contribution in [0.2, 0.25) is 0 Å². The summed E-state index contributed by atoms with van der Waals surface area (Å²) in [5.41, 5.74) is 0.214. The number of amides is 1. The highest BCUT2D eigenvalue weighted by Gasteiger charge is 2.29. The summed E-state index contributed by atoms with van der Waals surface area (Å²) in [6, 6.07) is 0.459. The molecule has 0 aromatic carbocycles. The Kier molecular flexibility index (Phi) is 6.31. The molecule has 1 fully saturated rings. The molecular formula is C16H32N2O. The van der Waals surface area contributed by atoms with Gasteiger partial charge in [-0.15, -0.1) is 0 Å². The van der Waals surface area contributed by atoms with Gasteiger partial charge in [0.15, 0.2) is 0 Å². The summed E-state index contributed by atoms with van der Waals surface area (Å²) in [6.45, 7) is 10.8. The number of hydrogen-bond donors (Lipinski definition) is 1. The van der Waals surface area contributed by atoms with Gasteiger partial charge in [0.1, 0.15) is 0 Å². The third kappa shape index (κ3) is 5.13. The van der Waals surface area contributed by atoms with Crippen LogP contribution in [0.25, 0.3) is 0 Å². The highest BCUT2D eigenvalue weighted by atomic mass is 16.2. The van der Waals surface area contributed by atoms with Crippen LogP contribution in [0.3, 0.4) is 0 Å². The fraction of sp³-hybridized carbons (Fsp3) is 0.938. The van der Waals surface area contributed by atoms with E-state index < -0.39 is 0 Å². The predicted molar refractivity (Wildman–Crippen MR) is 81.1 cm³/mol. The molecule has 0 spiro atoms. The van der Waals surface area contributed by atoms with Crippen molar-refractivity contribution in [2.75, 3.05) is 20.1 Å². The molecule has 2 unspecified atom stereocenters. The molecule has 0 aliphatic carbocycles. The SMILES string of the molecule is CNCCC1CCCCN1C(=O)CC(C)C(C)(C)C. The average molecular weight is 268 g/mol. The second-order valence-electron chi connectivity index (χ2n) is 7.10. The van der Waals surface area contributed by atoms with Crippen LogP contribution in [0.15, 0.2) is 0 Å². The molecule has 0 aromatic heterocycles. The second-order valence-corrected chi connectivity index (χ2v) is 7.10. The molecular weight excluding hydrogens is 236 g/mol. The van der Waals surface area contributed by atoms with Crippen molar-refractivity contribution in [3.05, 3.63) is 0 Å². The lowest BCUT2D eigenvalue weighted by atomic mass is 9.79. The third-order valence-corrected chi connectivity index (χ3v) is 4.63. The van der Waals surface area contributed by atoms with Gasteiger partial charge in [-0.05, 0) is 50.6 Å². The maximum atomic E-state index is 12.5. The van der Waals surface area contributed by atoms with Gasteiger partial charge in [0, 0.05) is 19.0 Å². The maximum Gasteiger partial charge on any atom is 0.223 e. The summed E-state index contributed by atoms with van der Waals surface area (Å²) >= 11 is 0. The number of rotatable bonds is 5. The Hall–Kier alpha value is -0.570. The van der Waals surface area contributed by atoms with Crippen molar-refractivity contribution in [1.82, 2.24) is 10.2 Å². The number of carbonyl (C=O) groups is 1. The molecule has 1 saturated heterocycles. The summed E-state index contributed by atoms with van der Waals surface area (Å²) < 4.78 is 0. The summed E-state index contributed by atoms with van der Waals surface area (Å²) in [5.74, 6) is 0.801. The number of nitrogens with zero attached hydrogens (tertiary/aromatic N) is 1. The highest BCUT2D eigenvalue weighted by Crippen LogP contribution is 2.30. The summed E-state index contributed by atoms with van der Waals surface area (Å²) in [5, 5.41) is 3.20. The van der Waals surface area contributed by atoms with Gasteiger partial charge < -0.3 is 10.2 Å². The Morgan fingerprint density at radius 1 is 1.37 bits per heavy atom. The normalized spacial score (nSPS) is 22.4. The predicted octanol–water partition coefficient (Wildman–Crippen LogP) is 3.05. The number of nitrogens with one attached hydrogen (secondary N) is 1. The molecule has 3 nitrogen and oxygen atoms in total. The fourth-order valence-electron chi connectivity index (χ4n) is 2.63. The van der Waals surface area contributed by atoms with Crippen LogP contribution in [0.4, 0.5) is 0 Å². The molecule has 1 heterocycles. The molecule has 1 amide bonds. The zero-order valence-corrected chi connectivity index (χ0v) is 13.5. The number of carbonyl (C=O) groups excluding carboxylic acids is 1. The van der Waals surface area contributed by atoms with E-state index in [9.17, 15) is 4.79 Å². The molecule has 0 bridgehead atoms. The molecule has 3 heteroatoms. The van der Waals surface area contributed by atoms with Crippen molar-refractivity contribution >= 4 is 5.91 Å².